The van der Waals surface area contributed by atoms with Gasteiger partial charge in [-0.25, -0.2) is 0 Å². The lowest BCUT2D eigenvalue weighted by Crippen LogP contribution is -2.14. The molecule has 0 spiro atoms. The molecule has 0 saturated carbocycles. The number of carbonyl (C=O) groups excluding carboxylic acids is 1. The zero-order valence-electron chi connectivity index (χ0n) is 13.8. The van der Waals surface area contributed by atoms with Crippen LogP contribution in [0.15, 0.2) is 72.8 Å². The molecule has 126 valence electrons. The molecule has 4 heteroatoms. The second-order valence-electron chi connectivity index (χ2n) is 5.63. The highest BCUT2D eigenvalue weighted by Crippen LogP contribution is 2.32. The highest BCUT2D eigenvalue weighted by molar-refractivity contribution is 6.33. The Morgan fingerprint density at radius 1 is 1.00 bits per heavy atom. The number of ether oxygens (including phenoxy) is 1. The van der Waals surface area contributed by atoms with Gasteiger partial charge in [0, 0.05) is 16.3 Å². The van der Waals surface area contributed by atoms with E-state index in [1.165, 1.54) is 0 Å². The average molecular weight is 352 g/mol. The Morgan fingerprint density at radius 3 is 2.40 bits per heavy atom. The summed E-state index contributed by atoms with van der Waals surface area (Å²) in [5.74, 6) is 0.706. The summed E-state index contributed by atoms with van der Waals surface area (Å²) in [5.41, 5.74) is 3.59. The third-order valence-electron chi connectivity index (χ3n) is 3.86. The first kappa shape index (κ1) is 17.1. The van der Waals surface area contributed by atoms with Gasteiger partial charge in [-0.3, -0.25) is 4.79 Å². The molecule has 3 rings (SSSR count). The molecule has 1 amide bonds. The van der Waals surface area contributed by atoms with Gasteiger partial charge in [0.2, 0.25) is 5.91 Å². The maximum atomic E-state index is 12.1. The first-order chi connectivity index (χ1) is 12.2. The molecule has 0 radical (unpaired) electrons. The highest BCUT2D eigenvalue weighted by atomic mass is 35.5. The fourth-order valence-electron chi connectivity index (χ4n) is 2.57. The van der Waals surface area contributed by atoms with Crippen LogP contribution in [0.1, 0.15) is 5.56 Å². The van der Waals surface area contributed by atoms with Gasteiger partial charge in [-0.1, -0.05) is 54.1 Å². The maximum Gasteiger partial charge on any atom is 0.228 e. The van der Waals surface area contributed by atoms with Crippen LogP contribution in [0.25, 0.3) is 11.1 Å². The van der Waals surface area contributed by atoms with Crippen LogP contribution in [0.3, 0.4) is 0 Å². The quantitative estimate of drug-likeness (QED) is 0.686. The lowest BCUT2D eigenvalue weighted by molar-refractivity contribution is -0.115. The Labute approximate surface area is 152 Å². The van der Waals surface area contributed by atoms with Gasteiger partial charge in [0.15, 0.2) is 0 Å². The molecular weight excluding hydrogens is 334 g/mol. The van der Waals surface area contributed by atoms with Crippen molar-refractivity contribution in [2.75, 3.05) is 12.4 Å². The van der Waals surface area contributed by atoms with Crippen molar-refractivity contribution >= 4 is 23.2 Å². The van der Waals surface area contributed by atoms with E-state index in [-0.39, 0.29) is 5.91 Å². The van der Waals surface area contributed by atoms with Crippen LogP contribution in [0.5, 0.6) is 5.75 Å². The number of nitrogens with one attached hydrogen (secondary N) is 1. The Kier molecular flexibility index (Phi) is 5.36. The molecule has 3 nitrogen and oxygen atoms in total. The number of amides is 1. The third kappa shape index (κ3) is 4.40. The summed E-state index contributed by atoms with van der Waals surface area (Å²) < 4.78 is 5.25. The standard InChI is InChI=1S/C21H18ClNO2/c1-25-18-11-12-20(22)19(14-18)16-7-9-17(10-8-16)23-21(24)13-15-5-3-2-4-6-15/h2-12,14H,13H2,1H3,(H,23,24). The number of halogens is 1. The number of methoxy groups -OCH3 is 1. The Bertz CT molecular complexity index is 861. The summed E-state index contributed by atoms with van der Waals surface area (Å²) in [5, 5.41) is 3.56. The van der Waals surface area contributed by atoms with E-state index in [4.69, 9.17) is 16.3 Å². The molecule has 0 aliphatic heterocycles. The second-order valence-corrected chi connectivity index (χ2v) is 6.04. The fraction of sp³-hybridized carbons (Fsp3) is 0.0952. The first-order valence-electron chi connectivity index (χ1n) is 7.93. The largest absolute Gasteiger partial charge is 0.497 e. The van der Waals surface area contributed by atoms with Crippen molar-refractivity contribution in [1.82, 2.24) is 0 Å². The minimum Gasteiger partial charge on any atom is -0.497 e. The van der Waals surface area contributed by atoms with Crippen molar-refractivity contribution in [2.24, 2.45) is 0 Å². The van der Waals surface area contributed by atoms with E-state index in [0.29, 0.717) is 11.4 Å². The molecule has 25 heavy (non-hydrogen) atoms. The van der Waals surface area contributed by atoms with Crippen molar-refractivity contribution in [1.29, 1.82) is 0 Å². The van der Waals surface area contributed by atoms with Gasteiger partial charge in [0.25, 0.3) is 0 Å². The monoisotopic (exact) mass is 351 g/mol. The van der Waals surface area contributed by atoms with E-state index in [9.17, 15) is 4.79 Å². The summed E-state index contributed by atoms with van der Waals surface area (Å²) in [6.45, 7) is 0. The second kappa shape index (κ2) is 7.86. The van der Waals surface area contributed by atoms with Crippen molar-refractivity contribution < 1.29 is 9.53 Å². The summed E-state index contributed by atoms with van der Waals surface area (Å²) in [4.78, 5) is 12.1. The summed E-state index contributed by atoms with van der Waals surface area (Å²) in [6.07, 6.45) is 0.351. The number of carbonyl (C=O) groups is 1. The van der Waals surface area contributed by atoms with Crippen molar-refractivity contribution in [2.45, 2.75) is 6.42 Å². The van der Waals surface area contributed by atoms with Gasteiger partial charge in [0.05, 0.1) is 13.5 Å². The lowest BCUT2D eigenvalue weighted by Gasteiger charge is -2.09. The van der Waals surface area contributed by atoms with Crippen LogP contribution >= 0.6 is 11.6 Å². The third-order valence-corrected chi connectivity index (χ3v) is 4.19. The van der Waals surface area contributed by atoms with Crippen LogP contribution in [0.4, 0.5) is 5.69 Å². The van der Waals surface area contributed by atoms with Crippen LogP contribution in [0, 0.1) is 0 Å². The topological polar surface area (TPSA) is 38.3 Å². The van der Waals surface area contributed by atoms with Crippen molar-refractivity contribution in [3.8, 4) is 16.9 Å². The molecule has 3 aromatic carbocycles. The Balaban J connectivity index is 1.71. The fourth-order valence-corrected chi connectivity index (χ4v) is 2.80. The minimum atomic E-state index is -0.0432. The molecule has 0 bridgehead atoms. The van der Waals surface area contributed by atoms with Crippen LogP contribution < -0.4 is 10.1 Å². The predicted octanol–water partition coefficient (Wildman–Crippen LogP) is 5.20. The Morgan fingerprint density at radius 2 is 1.72 bits per heavy atom. The summed E-state index contributed by atoms with van der Waals surface area (Å²) >= 11 is 6.28. The normalized spacial score (nSPS) is 10.3. The van der Waals surface area contributed by atoms with Gasteiger partial charge >= 0.3 is 0 Å². The lowest BCUT2D eigenvalue weighted by atomic mass is 10.0. The number of benzene rings is 3. The predicted molar refractivity (Wildman–Crippen MR) is 102 cm³/mol. The van der Waals surface area contributed by atoms with Gasteiger partial charge in [0.1, 0.15) is 5.75 Å². The van der Waals surface area contributed by atoms with E-state index < -0.39 is 0 Å². The molecule has 0 aromatic heterocycles. The SMILES string of the molecule is COc1ccc(Cl)c(-c2ccc(NC(=O)Cc3ccccc3)cc2)c1. The maximum absolute atomic E-state index is 12.1. The number of anilines is 1. The molecule has 3 aromatic rings. The van der Waals surface area contributed by atoms with Crippen LogP contribution in [-0.4, -0.2) is 13.0 Å². The molecule has 0 heterocycles. The van der Waals surface area contributed by atoms with E-state index in [1.807, 2.05) is 72.8 Å². The molecule has 1 N–H and O–H groups in total. The van der Waals surface area contributed by atoms with Crippen LogP contribution in [0.2, 0.25) is 5.02 Å². The number of rotatable bonds is 5. The number of hydrogen-bond acceptors (Lipinski definition) is 2. The van der Waals surface area contributed by atoms with E-state index in [1.54, 1.807) is 7.11 Å². The van der Waals surface area contributed by atoms with E-state index >= 15 is 0 Å². The van der Waals surface area contributed by atoms with Crippen molar-refractivity contribution in [3.05, 3.63) is 83.4 Å². The molecule has 0 atom stereocenters. The van der Waals surface area contributed by atoms with Crippen LogP contribution in [-0.2, 0) is 11.2 Å². The minimum absolute atomic E-state index is 0.0432. The summed E-state index contributed by atoms with van der Waals surface area (Å²) in [7, 11) is 1.62. The highest BCUT2D eigenvalue weighted by Gasteiger charge is 2.07. The molecule has 0 aliphatic carbocycles. The van der Waals surface area contributed by atoms with Gasteiger partial charge in [-0.05, 0) is 41.5 Å². The van der Waals surface area contributed by atoms with Crippen molar-refractivity contribution in [3.63, 3.8) is 0 Å². The molecule has 0 unspecified atom stereocenters. The summed E-state index contributed by atoms with van der Waals surface area (Å²) in [6, 6.07) is 22.8. The molecule has 0 fully saturated rings. The van der Waals surface area contributed by atoms with E-state index in [2.05, 4.69) is 5.32 Å². The average Bonchev–Trinajstić information content (AvgIpc) is 2.64. The molecular formula is C21H18ClNO2. The van der Waals surface area contributed by atoms with E-state index in [0.717, 1.165) is 28.1 Å². The van der Waals surface area contributed by atoms with Gasteiger partial charge in [-0.2, -0.15) is 0 Å². The number of hydrogen-bond donors (Lipinski definition) is 1. The smallest absolute Gasteiger partial charge is 0.228 e. The molecule has 0 saturated heterocycles. The Hall–Kier alpha value is -2.78. The molecule has 0 aliphatic rings. The zero-order valence-corrected chi connectivity index (χ0v) is 14.6. The van der Waals surface area contributed by atoms with Gasteiger partial charge < -0.3 is 10.1 Å². The zero-order chi connectivity index (χ0) is 17.6. The van der Waals surface area contributed by atoms with Gasteiger partial charge in [-0.15, -0.1) is 0 Å². The first-order valence-corrected chi connectivity index (χ1v) is 8.31.